The highest BCUT2D eigenvalue weighted by molar-refractivity contribution is 7.10. The van der Waals surface area contributed by atoms with E-state index < -0.39 is 0 Å². The summed E-state index contributed by atoms with van der Waals surface area (Å²) < 4.78 is 1.36. The van der Waals surface area contributed by atoms with Crippen molar-refractivity contribution in [3.63, 3.8) is 0 Å². The summed E-state index contributed by atoms with van der Waals surface area (Å²) >= 11 is 1.62. The van der Waals surface area contributed by atoms with E-state index in [0.717, 1.165) is 4.88 Å². The Labute approximate surface area is 121 Å². The number of hydrogen-bond acceptors (Lipinski definition) is 5. The standard InChI is InChI=1S/C13H15N5OS/c1-9(2)13(10-4-3-5-20-10)16-12(19)7-18-8-15-11(6-14)17-18/h3-5,8-9,13H,7H2,1-2H3,(H,16,19). The van der Waals surface area contributed by atoms with Crippen LogP contribution in [0.4, 0.5) is 0 Å². The quantitative estimate of drug-likeness (QED) is 0.908. The van der Waals surface area contributed by atoms with Crippen molar-refractivity contribution in [2.45, 2.75) is 26.4 Å². The molecule has 0 bridgehead atoms. The Balaban J connectivity index is 2.00. The average molecular weight is 289 g/mol. The fourth-order valence-electron chi connectivity index (χ4n) is 1.82. The largest absolute Gasteiger partial charge is 0.347 e. The van der Waals surface area contributed by atoms with E-state index in [4.69, 9.17) is 5.26 Å². The molecule has 0 spiro atoms. The van der Waals surface area contributed by atoms with E-state index in [0.29, 0.717) is 5.92 Å². The van der Waals surface area contributed by atoms with Crippen LogP contribution < -0.4 is 5.32 Å². The van der Waals surface area contributed by atoms with Gasteiger partial charge >= 0.3 is 0 Å². The Morgan fingerprint density at radius 3 is 2.95 bits per heavy atom. The van der Waals surface area contributed by atoms with Gasteiger partial charge in [-0.25, -0.2) is 9.67 Å². The molecule has 2 rings (SSSR count). The van der Waals surface area contributed by atoms with Crippen LogP contribution in [0.3, 0.4) is 0 Å². The number of nitrogens with zero attached hydrogens (tertiary/aromatic N) is 4. The fraction of sp³-hybridized carbons (Fsp3) is 0.385. The van der Waals surface area contributed by atoms with Crippen LogP contribution in [0.15, 0.2) is 23.8 Å². The highest BCUT2D eigenvalue weighted by Crippen LogP contribution is 2.25. The van der Waals surface area contributed by atoms with Crippen LogP contribution in [0.5, 0.6) is 0 Å². The molecule has 0 aliphatic heterocycles. The van der Waals surface area contributed by atoms with Crippen molar-refractivity contribution in [2.75, 3.05) is 0 Å². The SMILES string of the molecule is CC(C)C(NC(=O)Cn1cnc(C#N)n1)c1cccs1. The highest BCUT2D eigenvalue weighted by Gasteiger charge is 2.19. The summed E-state index contributed by atoms with van der Waals surface area (Å²) in [5.41, 5.74) is 0. The van der Waals surface area contributed by atoms with Gasteiger partial charge in [-0.1, -0.05) is 19.9 Å². The predicted molar refractivity (Wildman–Crippen MR) is 74.8 cm³/mol. The molecule has 1 atom stereocenters. The van der Waals surface area contributed by atoms with Crippen LogP contribution in [0, 0.1) is 17.2 Å². The van der Waals surface area contributed by atoms with Crippen LogP contribution in [0.2, 0.25) is 0 Å². The average Bonchev–Trinajstić information content (AvgIpc) is 3.06. The highest BCUT2D eigenvalue weighted by atomic mass is 32.1. The monoisotopic (exact) mass is 289 g/mol. The summed E-state index contributed by atoms with van der Waals surface area (Å²) in [6, 6.07) is 5.80. The number of thiophene rings is 1. The Morgan fingerprint density at radius 2 is 2.40 bits per heavy atom. The zero-order valence-electron chi connectivity index (χ0n) is 11.3. The second-order valence-corrected chi connectivity index (χ2v) is 5.66. The van der Waals surface area contributed by atoms with E-state index in [1.54, 1.807) is 11.3 Å². The molecule has 6 nitrogen and oxygen atoms in total. The number of nitriles is 1. The molecule has 2 heterocycles. The molecule has 20 heavy (non-hydrogen) atoms. The molecule has 0 radical (unpaired) electrons. The molecule has 2 aromatic heterocycles. The molecule has 0 aromatic carbocycles. The molecule has 104 valence electrons. The molecule has 2 aromatic rings. The first-order valence-electron chi connectivity index (χ1n) is 6.22. The maximum Gasteiger partial charge on any atom is 0.252 e. The van der Waals surface area contributed by atoms with Crippen LogP contribution >= 0.6 is 11.3 Å². The number of amides is 1. The second-order valence-electron chi connectivity index (χ2n) is 4.68. The van der Waals surface area contributed by atoms with Crippen molar-refractivity contribution in [3.8, 4) is 6.07 Å². The number of carbonyl (C=O) groups excluding carboxylic acids is 1. The van der Waals surface area contributed by atoms with Crippen molar-refractivity contribution in [1.82, 2.24) is 20.1 Å². The molecule has 1 amide bonds. The van der Waals surface area contributed by atoms with Gasteiger partial charge in [0.05, 0.1) is 6.04 Å². The maximum absolute atomic E-state index is 12.0. The number of nitrogens with one attached hydrogen (secondary N) is 1. The molecule has 0 fully saturated rings. The van der Waals surface area contributed by atoms with E-state index in [2.05, 4.69) is 29.2 Å². The van der Waals surface area contributed by atoms with E-state index in [1.165, 1.54) is 11.0 Å². The van der Waals surface area contributed by atoms with Gasteiger partial charge in [0.15, 0.2) is 0 Å². The van der Waals surface area contributed by atoms with Crippen LogP contribution in [0.1, 0.15) is 30.6 Å². The molecule has 0 aliphatic rings. The predicted octanol–water partition coefficient (Wildman–Crippen LogP) is 1.72. The number of aromatic nitrogens is 3. The van der Waals surface area contributed by atoms with Gasteiger partial charge in [0, 0.05) is 4.88 Å². The van der Waals surface area contributed by atoms with Crippen molar-refractivity contribution in [2.24, 2.45) is 5.92 Å². The lowest BCUT2D eigenvalue weighted by molar-refractivity contribution is -0.122. The topological polar surface area (TPSA) is 83.6 Å². The minimum Gasteiger partial charge on any atom is -0.347 e. The molecule has 0 aliphatic carbocycles. The summed E-state index contributed by atoms with van der Waals surface area (Å²) in [6.07, 6.45) is 1.38. The van der Waals surface area contributed by atoms with Gasteiger partial charge in [-0.15, -0.1) is 16.4 Å². The zero-order chi connectivity index (χ0) is 14.5. The summed E-state index contributed by atoms with van der Waals surface area (Å²) in [7, 11) is 0. The van der Waals surface area contributed by atoms with Gasteiger partial charge < -0.3 is 5.32 Å². The smallest absolute Gasteiger partial charge is 0.252 e. The minimum atomic E-state index is -0.147. The minimum absolute atomic E-state index is 0.0125. The molecular formula is C13H15N5OS. The zero-order valence-corrected chi connectivity index (χ0v) is 12.1. The van der Waals surface area contributed by atoms with Crippen molar-refractivity contribution >= 4 is 17.2 Å². The summed E-state index contributed by atoms with van der Waals surface area (Å²) in [5.74, 6) is 0.214. The Kier molecular flexibility index (Phi) is 4.48. The second kappa shape index (κ2) is 6.30. The number of carbonyl (C=O) groups is 1. The van der Waals surface area contributed by atoms with Gasteiger partial charge in [0.2, 0.25) is 5.91 Å². The molecule has 0 saturated heterocycles. The third-order valence-electron chi connectivity index (χ3n) is 2.77. The van der Waals surface area contributed by atoms with E-state index >= 15 is 0 Å². The van der Waals surface area contributed by atoms with E-state index in [9.17, 15) is 4.79 Å². The normalized spacial score (nSPS) is 12.1. The van der Waals surface area contributed by atoms with Gasteiger partial charge in [0.25, 0.3) is 5.82 Å². The molecular weight excluding hydrogens is 274 g/mol. The van der Waals surface area contributed by atoms with Gasteiger partial charge in [-0.3, -0.25) is 4.79 Å². The van der Waals surface area contributed by atoms with Gasteiger partial charge in [-0.2, -0.15) is 5.26 Å². The molecule has 7 heteroatoms. The van der Waals surface area contributed by atoms with Crippen LogP contribution in [-0.4, -0.2) is 20.7 Å². The summed E-state index contributed by atoms with van der Waals surface area (Å²) in [5, 5.41) is 17.5. The summed E-state index contributed by atoms with van der Waals surface area (Å²) in [6.45, 7) is 4.19. The first-order valence-corrected chi connectivity index (χ1v) is 7.10. The third-order valence-corrected chi connectivity index (χ3v) is 3.73. The van der Waals surface area contributed by atoms with Gasteiger partial charge in [0.1, 0.15) is 18.9 Å². The maximum atomic E-state index is 12.0. The Morgan fingerprint density at radius 1 is 1.60 bits per heavy atom. The lowest BCUT2D eigenvalue weighted by Crippen LogP contribution is -2.33. The van der Waals surface area contributed by atoms with Crippen molar-refractivity contribution < 1.29 is 4.79 Å². The third kappa shape index (κ3) is 3.42. The lowest BCUT2D eigenvalue weighted by atomic mass is 10.0. The van der Waals surface area contributed by atoms with Crippen molar-refractivity contribution in [1.29, 1.82) is 5.26 Å². The van der Waals surface area contributed by atoms with Gasteiger partial charge in [-0.05, 0) is 17.4 Å². The molecule has 0 saturated carbocycles. The first-order chi connectivity index (χ1) is 9.60. The number of hydrogen-bond donors (Lipinski definition) is 1. The summed E-state index contributed by atoms with van der Waals surface area (Å²) in [4.78, 5) is 16.9. The van der Waals surface area contributed by atoms with Crippen LogP contribution in [-0.2, 0) is 11.3 Å². The van der Waals surface area contributed by atoms with E-state index in [-0.39, 0.29) is 24.3 Å². The van der Waals surface area contributed by atoms with E-state index in [1.807, 2.05) is 23.6 Å². The Hall–Kier alpha value is -2.20. The van der Waals surface area contributed by atoms with Crippen LogP contribution in [0.25, 0.3) is 0 Å². The molecule has 1 N–H and O–H groups in total. The van der Waals surface area contributed by atoms with Crippen molar-refractivity contribution in [3.05, 3.63) is 34.5 Å². The number of rotatable bonds is 5. The first kappa shape index (κ1) is 14.2. The molecule has 1 unspecified atom stereocenters. The Bertz CT molecular complexity index is 611. The lowest BCUT2D eigenvalue weighted by Gasteiger charge is -2.21. The fourth-order valence-corrected chi connectivity index (χ4v) is 2.77.